The lowest BCUT2D eigenvalue weighted by atomic mass is 10.2. The van der Waals surface area contributed by atoms with Gasteiger partial charge in [0.25, 0.3) is 0 Å². The van der Waals surface area contributed by atoms with Crippen LogP contribution in [-0.2, 0) is 4.74 Å². The van der Waals surface area contributed by atoms with Crippen molar-refractivity contribution in [1.29, 1.82) is 0 Å². The Kier molecular flexibility index (Phi) is 4.08. The molecular formula is C15H21N5O3. The number of hydrogen-bond donors (Lipinski definition) is 2. The van der Waals surface area contributed by atoms with Crippen LogP contribution >= 0.6 is 0 Å². The third-order valence-corrected chi connectivity index (χ3v) is 4.18. The zero-order valence-electron chi connectivity index (χ0n) is 13.7. The van der Waals surface area contributed by atoms with Gasteiger partial charge in [-0.25, -0.2) is 9.78 Å². The van der Waals surface area contributed by atoms with Crippen LogP contribution in [0.15, 0.2) is 10.6 Å². The molecular weight excluding hydrogens is 298 g/mol. The summed E-state index contributed by atoms with van der Waals surface area (Å²) in [4.78, 5) is 22.1. The first-order valence-corrected chi connectivity index (χ1v) is 7.54. The molecule has 124 valence electrons. The van der Waals surface area contributed by atoms with Gasteiger partial charge in [-0.3, -0.25) is 5.32 Å². The van der Waals surface area contributed by atoms with Crippen LogP contribution in [0.25, 0.3) is 0 Å². The fraction of sp³-hybridized carbons (Fsp3) is 0.533. The molecule has 0 aromatic carbocycles. The number of urea groups is 1. The Morgan fingerprint density at radius 2 is 2.26 bits per heavy atom. The molecule has 23 heavy (non-hydrogen) atoms. The van der Waals surface area contributed by atoms with E-state index in [2.05, 4.69) is 20.4 Å². The Morgan fingerprint density at radius 3 is 2.83 bits per heavy atom. The number of nitrogens with one attached hydrogen (secondary N) is 2. The van der Waals surface area contributed by atoms with Crippen molar-refractivity contribution < 1.29 is 14.1 Å². The first-order valence-electron chi connectivity index (χ1n) is 7.54. The molecule has 8 heteroatoms. The lowest BCUT2D eigenvalue weighted by molar-refractivity contribution is 0.111. The molecule has 2 aromatic rings. The van der Waals surface area contributed by atoms with Crippen LogP contribution in [0.2, 0.25) is 0 Å². The first kappa shape index (κ1) is 15.5. The van der Waals surface area contributed by atoms with Gasteiger partial charge in [-0.15, -0.1) is 0 Å². The topological polar surface area (TPSA) is 96.3 Å². The summed E-state index contributed by atoms with van der Waals surface area (Å²) >= 11 is 0. The van der Waals surface area contributed by atoms with Gasteiger partial charge in [0.1, 0.15) is 5.82 Å². The van der Waals surface area contributed by atoms with Gasteiger partial charge >= 0.3 is 6.03 Å². The zero-order chi connectivity index (χ0) is 16.6. The number of imidazole rings is 1. The molecule has 1 aliphatic rings. The molecule has 0 unspecified atom stereocenters. The summed E-state index contributed by atoms with van der Waals surface area (Å²) < 4.78 is 10.5. The Hall–Kier alpha value is -2.35. The standard InChI is InChI=1S/C15H21N5O3/c1-8-5-13(23-19-8)18-15(21)20-7-11(22-4)6-12(20)14-16-9(2)10(3)17-14/h5,11-12H,6-7H2,1-4H3,(H,16,17)(H,18,21)/t11-,12+/m1/s1. The molecule has 0 radical (unpaired) electrons. The number of aromatic nitrogens is 3. The number of hydrogen-bond acceptors (Lipinski definition) is 5. The van der Waals surface area contributed by atoms with E-state index in [9.17, 15) is 4.79 Å². The minimum absolute atomic E-state index is 0.0204. The van der Waals surface area contributed by atoms with Gasteiger partial charge < -0.3 is 19.1 Å². The van der Waals surface area contributed by atoms with Crippen LogP contribution in [0.3, 0.4) is 0 Å². The Labute approximate surface area is 134 Å². The van der Waals surface area contributed by atoms with Gasteiger partial charge in [-0.05, 0) is 20.8 Å². The van der Waals surface area contributed by atoms with E-state index in [-0.39, 0.29) is 18.2 Å². The molecule has 1 aliphatic heterocycles. The van der Waals surface area contributed by atoms with Gasteiger partial charge in [0.2, 0.25) is 5.88 Å². The Balaban J connectivity index is 1.80. The minimum Gasteiger partial charge on any atom is -0.380 e. The largest absolute Gasteiger partial charge is 0.380 e. The summed E-state index contributed by atoms with van der Waals surface area (Å²) in [7, 11) is 1.65. The summed E-state index contributed by atoms with van der Waals surface area (Å²) in [5.74, 6) is 1.11. The molecule has 2 atom stereocenters. The van der Waals surface area contributed by atoms with Crippen molar-refractivity contribution in [2.75, 3.05) is 19.0 Å². The van der Waals surface area contributed by atoms with Crippen LogP contribution < -0.4 is 5.32 Å². The predicted molar refractivity (Wildman–Crippen MR) is 83.2 cm³/mol. The third-order valence-electron chi connectivity index (χ3n) is 4.18. The molecule has 1 fully saturated rings. The highest BCUT2D eigenvalue weighted by Crippen LogP contribution is 2.32. The zero-order valence-corrected chi connectivity index (χ0v) is 13.7. The lowest BCUT2D eigenvalue weighted by Crippen LogP contribution is -2.35. The van der Waals surface area contributed by atoms with E-state index in [4.69, 9.17) is 9.26 Å². The minimum atomic E-state index is -0.252. The van der Waals surface area contributed by atoms with Crippen LogP contribution in [0.4, 0.5) is 10.7 Å². The Bertz CT molecular complexity index is 688. The second-order valence-corrected chi connectivity index (χ2v) is 5.86. The number of nitrogens with zero attached hydrogens (tertiary/aromatic N) is 3. The SMILES string of the molecule is CO[C@@H]1C[C@@H](c2nc(C)c(C)[nH]2)N(C(=O)Nc2cc(C)no2)C1. The smallest absolute Gasteiger partial charge is 0.324 e. The van der Waals surface area contributed by atoms with Crippen molar-refractivity contribution >= 4 is 11.9 Å². The van der Waals surface area contributed by atoms with E-state index in [1.807, 2.05) is 13.8 Å². The number of ether oxygens (including phenoxy) is 1. The van der Waals surface area contributed by atoms with Crippen molar-refractivity contribution in [2.24, 2.45) is 0 Å². The summed E-state index contributed by atoms with van der Waals surface area (Å²) in [6.07, 6.45) is 0.680. The summed E-state index contributed by atoms with van der Waals surface area (Å²) in [5.41, 5.74) is 2.66. The molecule has 0 saturated carbocycles. The number of aromatic amines is 1. The number of anilines is 1. The predicted octanol–water partition coefficient (Wildman–Crippen LogP) is 2.32. The quantitative estimate of drug-likeness (QED) is 0.905. The number of aryl methyl sites for hydroxylation is 3. The van der Waals surface area contributed by atoms with Crippen molar-refractivity contribution in [2.45, 2.75) is 39.3 Å². The molecule has 0 bridgehead atoms. The van der Waals surface area contributed by atoms with Gasteiger partial charge in [0.15, 0.2) is 0 Å². The molecule has 3 rings (SSSR count). The van der Waals surface area contributed by atoms with E-state index in [1.54, 1.807) is 25.0 Å². The maximum atomic E-state index is 12.6. The van der Waals surface area contributed by atoms with E-state index in [1.165, 1.54) is 0 Å². The Morgan fingerprint density at radius 1 is 1.48 bits per heavy atom. The molecule has 1 saturated heterocycles. The fourth-order valence-electron chi connectivity index (χ4n) is 2.78. The van der Waals surface area contributed by atoms with Crippen LogP contribution in [-0.4, -0.2) is 45.8 Å². The second kappa shape index (κ2) is 6.04. The average Bonchev–Trinajstić information content (AvgIpc) is 3.19. The number of H-pyrrole nitrogens is 1. The van der Waals surface area contributed by atoms with Crippen molar-refractivity contribution in [3.05, 3.63) is 29.0 Å². The van der Waals surface area contributed by atoms with E-state index < -0.39 is 0 Å². The maximum absolute atomic E-state index is 12.6. The highest BCUT2D eigenvalue weighted by molar-refractivity contribution is 5.88. The van der Waals surface area contributed by atoms with Crippen molar-refractivity contribution in [1.82, 2.24) is 20.0 Å². The van der Waals surface area contributed by atoms with Crippen LogP contribution in [0.5, 0.6) is 0 Å². The number of amides is 2. The van der Waals surface area contributed by atoms with E-state index >= 15 is 0 Å². The highest BCUT2D eigenvalue weighted by Gasteiger charge is 2.38. The average molecular weight is 319 g/mol. The molecule has 3 heterocycles. The fourth-order valence-corrected chi connectivity index (χ4v) is 2.78. The summed E-state index contributed by atoms with van der Waals surface area (Å²) in [5, 5.41) is 6.50. The van der Waals surface area contributed by atoms with Gasteiger partial charge in [0, 0.05) is 31.8 Å². The molecule has 2 amide bonds. The number of rotatable bonds is 3. The molecule has 2 aromatic heterocycles. The van der Waals surface area contributed by atoms with Gasteiger partial charge in [0.05, 0.1) is 23.5 Å². The lowest BCUT2D eigenvalue weighted by Gasteiger charge is -2.22. The van der Waals surface area contributed by atoms with Crippen LogP contribution in [0, 0.1) is 20.8 Å². The van der Waals surface area contributed by atoms with E-state index in [0.717, 1.165) is 17.2 Å². The summed E-state index contributed by atoms with van der Waals surface area (Å²) in [6, 6.07) is 1.27. The molecule has 0 aliphatic carbocycles. The first-order chi connectivity index (χ1) is 11.0. The number of carbonyl (C=O) groups excluding carboxylic acids is 1. The normalized spacial score (nSPS) is 21.0. The van der Waals surface area contributed by atoms with Crippen molar-refractivity contribution in [3.63, 3.8) is 0 Å². The molecule has 8 nitrogen and oxygen atoms in total. The van der Waals surface area contributed by atoms with Crippen LogP contribution in [0.1, 0.15) is 35.4 Å². The monoisotopic (exact) mass is 319 g/mol. The second-order valence-electron chi connectivity index (χ2n) is 5.86. The molecule has 0 spiro atoms. The summed E-state index contributed by atoms with van der Waals surface area (Å²) in [6.45, 7) is 6.21. The number of likely N-dealkylation sites (tertiary alicyclic amines) is 1. The van der Waals surface area contributed by atoms with Crippen molar-refractivity contribution in [3.8, 4) is 0 Å². The number of carbonyl (C=O) groups is 1. The highest BCUT2D eigenvalue weighted by atomic mass is 16.5. The maximum Gasteiger partial charge on any atom is 0.324 e. The molecule has 2 N–H and O–H groups in total. The van der Waals surface area contributed by atoms with Gasteiger partial charge in [-0.1, -0.05) is 5.16 Å². The van der Waals surface area contributed by atoms with Gasteiger partial charge in [-0.2, -0.15) is 0 Å². The third kappa shape index (κ3) is 3.07. The van der Waals surface area contributed by atoms with E-state index in [0.29, 0.717) is 24.5 Å². The number of methoxy groups -OCH3 is 1.